The number of aromatic amines is 1. The highest BCUT2D eigenvalue weighted by Crippen LogP contribution is 2.27. The average molecular weight is 253 g/mol. The summed E-state index contributed by atoms with van der Waals surface area (Å²) < 4.78 is 0. The molecule has 0 saturated heterocycles. The minimum atomic E-state index is 0.217. The molecule has 3 aromatic rings. The first-order valence-corrected chi connectivity index (χ1v) is 6.30. The summed E-state index contributed by atoms with van der Waals surface area (Å²) in [5.41, 5.74) is 8.40. The van der Waals surface area contributed by atoms with E-state index in [1.54, 1.807) is 0 Å². The third-order valence-electron chi connectivity index (χ3n) is 3.28. The molecular formula is C14H15N5. The number of anilines is 1. The van der Waals surface area contributed by atoms with Crippen molar-refractivity contribution >= 4 is 17.0 Å². The molecule has 0 aliphatic rings. The Morgan fingerprint density at radius 1 is 1.21 bits per heavy atom. The number of rotatable bonds is 3. The summed E-state index contributed by atoms with van der Waals surface area (Å²) in [6.45, 7) is 2.14. The molecular weight excluding hydrogens is 238 g/mol. The fourth-order valence-electron chi connectivity index (χ4n) is 2.30. The Morgan fingerprint density at radius 3 is 2.68 bits per heavy atom. The van der Waals surface area contributed by atoms with Gasteiger partial charge in [0.25, 0.3) is 0 Å². The molecule has 19 heavy (non-hydrogen) atoms. The average Bonchev–Trinajstić information content (AvgIpc) is 2.86. The smallest absolute Gasteiger partial charge is 0.183 e. The SMILES string of the molecule is CCC(c1ccccc1)c1nc2ncnc(N)c2[nH]1. The fourth-order valence-corrected chi connectivity index (χ4v) is 2.30. The van der Waals surface area contributed by atoms with Gasteiger partial charge >= 0.3 is 0 Å². The monoisotopic (exact) mass is 253 g/mol. The molecule has 0 radical (unpaired) electrons. The molecule has 5 heteroatoms. The molecule has 0 amide bonds. The first-order chi connectivity index (χ1) is 9.29. The molecule has 0 saturated carbocycles. The number of imidazole rings is 1. The Hall–Kier alpha value is -2.43. The van der Waals surface area contributed by atoms with Crippen molar-refractivity contribution in [2.45, 2.75) is 19.3 Å². The van der Waals surface area contributed by atoms with Gasteiger partial charge in [-0.1, -0.05) is 37.3 Å². The van der Waals surface area contributed by atoms with E-state index in [0.29, 0.717) is 17.0 Å². The zero-order chi connectivity index (χ0) is 13.2. The number of hydrogen-bond donors (Lipinski definition) is 2. The highest BCUT2D eigenvalue weighted by Gasteiger charge is 2.17. The number of hydrogen-bond acceptors (Lipinski definition) is 4. The Balaban J connectivity index is 2.09. The zero-order valence-corrected chi connectivity index (χ0v) is 10.7. The summed E-state index contributed by atoms with van der Waals surface area (Å²) in [5.74, 6) is 1.54. The van der Waals surface area contributed by atoms with Crippen molar-refractivity contribution in [2.24, 2.45) is 0 Å². The Labute approximate surface area is 110 Å². The van der Waals surface area contributed by atoms with Gasteiger partial charge in [0.05, 0.1) is 0 Å². The molecule has 1 unspecified atom stereocenters. The van der Waals surface area contributed by atoms with Crippen LogP contribution in [0.15, 0.2) is 36.7 Å². The van der Waals surface area contributed by atoms with Gasteiger partial charge in [0.15, 0.2) is 11.5 Å². The molecule has 2 aromatic heterocycles. The number of aromatic nitrogens is 4. The molecule has 96 valence electrons. The van der Waals surface area contributed by atoms with E-state index in [0.717, 1.165) is 12.2 Å². The van der Waals surface area contributed by atoms with Gasteiger partial charge in [-0.25, -0.2) is 15.0 Å². The van der Waals surface area contributed by atoms with Crippen molar-refractivity contribution in [2.75, 3.05) is 5.73 Å². The van der Waals surface area contributed by atoms with E-state index < -0.39 is 0 Å². The normalized spacial score (nSPS) is 12.7. The number of nitrogens with one attached hydrogen (secondary N) is 1. The molecule has 3 N–H and O–H groups in total. The molecule has 5 nitrogen and oxygen atoms in total. The second-order valence-corrected chi connectivity index (χ2v) is 4.45. The standard InChI is InChI=1S/C14H15N5/c1-2-10(9-6-4-3-5-7-9)13-18-11-12(15)16-8-17-14(11)19-13/h3-8,10H,2H2,1H3,(H3,15,16,17,18,19). The van der Waals surface area contributed by atoms with Crippen molar-refractivity contribution < 1.29 is 0 Å². The summed E-state index contributed by atoms with van der Waals surface area (Å²) >= 11 is 0. The third kappa shape index (κ3) is 2.03. The maximum Gasteiger partial charge on any atom is 0.183 e. The van der Waals surface area contributed by atoms with Crippen LogP contribution in [0.2, 0.25) is 0 Å². The number of nitrogens with two attached hydrogens (primary N) is 1. The van der Waals surface area contributed by atoms with Crippen LogP contribution in [0.25, 0.3) is 11.2 Å². The van der Waals surface area contributed by atoms with Crippen molar-refractivity contribution in [1.29, 1.82) is 0 Å². The van der Waals surface area contributed by atoms with Crippen LogP contribution in [0.3, 0.4) is 0 Å². The van der Waals surface area contributed by atoms with E-state index in [4.69, 9.17) is 5.73 Å². The molecule has 1 aromatic carbocycles. The first kappa shape index (κ1) is 11.6. The van der Waals surface area contributed by atoms with Gasteiger partial charge in [0, 0.05) is 5.92 Å². The van der Waals surface area contributed by atoms with E-state index in [1.165, 1.54) is 11.9 Å². The Kier molecular flexibility index (Phi) is 2.87. The second-order valence-electron chi connectivity index (χ2n) is 4.45. The van der Waals surface area contributed by atoms with Gasteiger partial charge in [-0.05, 0) is 12.0 Å². The minimum absolute atomic E-state index is 0.217. The largest absolute Gasteiger partial charge is 0.382 e. The van der Waals surface area contributed by atoms with Gasteiger partial charge in [-0.15, -0.1) is 0 Å². The van der Waals surface area contributed by atoms with Crippen LogP contribution in [-0.2, 0) is 0 Å². The van der Waals surface area contributed by atoms with Gasteiger partial charge in [-0.2, -0.15) is 0 Å². The molecule has 0 aliphatic carbocycles. The van der Waals surface area contributed by atoms with E-state index in [2.05, 4.69) is 39.0 Å². The van der Waals surface area contributed by atoms with Crippen molar-refractivity contribution in [3.8, 4) is 0 Å². The molecule has 0 aliphatic heterocycles. The second kappa shape index (κ2) is 4.68. The zero-order valence-electron chi connectivity index (χ0n) is 10.7. The maximum absolute atomic E-state index is 5.83. The molecule has 0 bridgehead atoms. The third-order valence-corrected chi connectivity index (χ3v) is 3.28. The lowest BCUT2D eigenvalue weighted by Crippen LogP contribution is -2.01. The van der Waals surface area contributed by atoms with Crippen LogP contribution >= 0.6 is 0 Å². The van der Waals surface area contributed by atoms with E-state index in [-0.39, 0.29) is 5.92 Å². The van der Waals surface area contributed by atoms with Crippen LogP contribution in [0.5, 0.6) is 0 Å². The van der Waals surface area contributed by atoms with Crippen LogP contribution in [0, 0.1) is 0 Å². The quantitative estimate of drug-likeness (QED) is 0.751. The molecule has 0 spiro atoms. The van der Waals surface area contributed by atoms with Gasteiger partial charge in [-0.3, -0.25) is 0 Å². The van der Waals surface area contributed by atoms with Crippen molar-refractivity contribution in [1.82, 2.24) is 19.9 Å². The Morgan fingerprint density at radius 2 is 2.00 bits per heavy atom. The maximum atomic E-state index is 5.83. The van der Waals surface area contributed by atoms with Crippen LogP contribution in [0.4, 0.5) is 5.82 Å². The molecule has 1 atom stereocenters. The fraction of sp³-hybridized carbons (Fsp3) is 0.214. The predicted molar refractivity (Wildman–Crippen MR) is 74.7 cm³/mol. The number of benzene rings is 1. The topological polar surface area (TPSA) is 80.5 Å². The van der Waals surface area contributed by atoms with Gasteiger partial charge < -0.3 is 10.7 Å². The molecule has 0 fully saturated rings. The van der Waals surface area contributed by atoms with E-state index >= 15 is 0 Å². The predicted octanol–water partition coefficient (Wildman–Crippen LogP) is 2.48. The lowest BCUT2D eigenvalue weighted by atomic mass is 9.96. The van der Waals surface area contributed by atoms with E-state index in [1.807, 2.05) is 18.2 Å². The van der Waals surface area contributed by atoms with Crippen molar-refractivity contribution in [3.63, 3.8) is 0 Å². The highest BCUT2D eigenvalue weighted by atomic mass is 15.0. The number of nitrogen functional groups attached to an aromatic ring is 1. The first-order valence-electron chi connectivity index (χ1n) is 6.30. The molecule has 2 heterocycles. The Bertz CT molecular complexity index is 689. The van der Waals surface area contributed by atoms with Crippen LogP contribution < -0.4 is 5.73 Å². The number of fused-ring (bicyclic) bond motifs is 1. The highest BCUT2D eigenvalue weighted by molar-refractivity contribution is 5.81. The van der Waals surface area contributed by atoms with Crippen LogP contribution in [-0.4, -0.2) is 19.9 Å². The summed E-state index contributed by atoms with van der Waals surface area (Å²) in [5, 5.41) is 0. The lowest BCUT2D eigenvalue weighted by Gasteiger charge is -2.11. The summed E-state index contributed by atoms with van der Waals surface area (Å²) in [6.07, 6.45) is 2.39. The van der Waals surface area contributed by atoms with Crippen LogP contribution in [0.1, 0.15) is 30.7 Å². The summed E-state index contributed by atoms with van der Waals surface area (Å²) in [4.78, 5) is 15.9. The number of H-pyrrole nitrogens is 1. The van der Waals surface area contributed by atoms with Gasteiger partial charge in [0.2, 0.25) is 0 Å². The van der Waals surface area contributed by atoms with E-state index in [9.17, 15) is 0 Å². The molecule has 3 rings (SSSR count). The van der Waals surface area contributed by atoms with Gasteiger partial charge in [0.1, 0.15) is 17.7 Å². The lowest BCUT2D eigenvalue weighted by molar-refractivity contribution is 0.732. The minimum Gasteiger partial charge on any atom is -0.382 e. The summed E-state index contributed by atoms with van der Waals surface area (Å²) in [7, 11) is 0. The number of nitrogens with zero attached hydrogens (tertiary/aromatic N) is 3. The summed E-state index contributed by atoms with van der Waals surface area (Å²) in [6, 6.07) is 10.3. The van der Waals surface area contributed by atoms with Crippen molar-refractivity contribution in [3.05, 3.63) is 48.0 Å².